The van der Waals surface area contributed by atoms with Crippen LogP contribution in [0.25, 0.3) is 0 Å². The van der Waals surface area contributed by atoms with Crippen molar-refractivity contribution in [2.45, 2.75) is 49.7 Å². The second-order valence-electron chi connectivity index (χ2n) is 6.87. The Kier molecular flexibility index (Phi) is 2.50. The number of ether oxygens (including phenoxy) is 2. The zero-order valence-corrected chi connectivity index (χ0v) is 12.7. The minimum atomic E-state index is 0.279. The molecule has 1 aromatic rings. The van der Waals surface area contributed by atoms with Crippen LogP contribution in [0.1, 0.15) is 30.0 Å². The van der Waals surface area contributed by atoms with Crippen LogP contribution in [-0.4, -0.2) is 54.9 Å². The third kappa shape index (κ3) is 1.46. The predicted molar refractivity (Wildman–Crippen MR) is 79.4 cm³/mol. The van der Waals surface area contributed by atoms with E-state index < -0.39 is 0 Å². The first kappa shape index (κ1) is 12.4. The summed E-state index contributed by atoms with van der Waals surface area (Å²) < 4.78 is 11.9. The van der Waals surface area contributed by atoms with Crippen molar-refractivity contribution in [1.82, 2.24) is 9.80 Å². The lowest BCUT2D eigenvalue weighted by molar-refractivity contribution is -0.0976. The lowest BCUT2D eigenvalue weighted by Crippen LogP contribution is -2.63. The van der Waals surface area contributed by atoms with E-state index in [2.05, 4.69) is 35.0 Å². The quantitative estimate of drug-likeness (QED) is 0.786. The Morgan fingerprint density at radius 2 is 2.05 bits per heavy atom. The van der Waals surface area contributed by atoms with Gasteiger partial charge in [0.2, 0.25) is 0 Å². The highest BCUT2D eigenvalue weighted by molar-refractivity contribution is 5.46. The molecule has 5 rings (SSSR count). The molecule has 0 radical (unpaired) electrons. The molecule has 3 saturated heterocycles. The van der Waals surface area contributed by atoms with E-state index in [1.165, 1.54) is 24.0 Å². The van der Waals surface area contributed by atoms with Gasteiger partial charge in [-0.25, -0.2) is 0 Å². The summed E-state index contributed by atoms with van der Waals surface area (Å²) in [7, 11) is 4.07. The summed E-state index contributed by atoms with van der Waals surface area (Å²) in [6.07, 6.45) is 4.00. The number of nitrogens with zero attached hydrogens (tertiary/aromatic N) is 2. The van der Waals surface area contributed by atoms with Crippen molar-refractivity contribution in [2.24, 2.45) is 0 Å². The first-order chi connectivity index (χ1) is 10.3. The molecule has 0 N–H and O–H groups in total. The summed E-state index contributed by atoms with van der Waals surface area (Å²) in [6, 6.07) is 8.76. The first-order valence-corrected chi connectivity index (χ1v) is 8.06. The van der Waals surface area contributed by atoms with Gasteiger partial charge in [-0.2, -0.15) is 0 Å². The monoisotopic (exact) mass is 286 g/mol. The van der Waals surface area contributed by atoms with Crippen LogP contribution in [0.2, 0.25) is 0 Å². The van der Waals surface area contributed by atoms with Gasteiger partial charge in [0.15, 0.2) is 0 Å². The summed E-state index contributed by atoms with van der Waals surface area (Å²) in [5, 5.41) is 0. The number of piperazine rings is 1. The number of hydrogen-bond acceptors (Lipinski definition) is 4. The standard InChI is InChI=1S/C17H22N2O2/c1-18-11-6-7-12(18)17-19-13(11)8-10-4-3-5-15(20-2)16(10)14(19)9-21-17/h3-5,11-14,17H,6-9H2,1-2H3/t11-,12+,13+,14+,17-/m1/s1. The minimum absolute atomic E-state index is 0.279. The molecule has 0 amide bonds. The summed E-state index contributed by atoms with van der Waals surface area (Å²) in [4.78, 5) is 5.26. The van der Waals surface area contributed by atoms with Crippen molar-refractivity contribution >= 4 is 0 Å². The Bertz CT molecular complexity index is 590. The highest BCUT2D eigenvalue weighted by Gasteiger charge is 2.57. The van der Waals surface area contributed by atoms with E-state index >= 15 is 0 Å². The Morgan fingerprint density at radius 3 is 2.90 bits per heavy atom. The van der Waals surface area contributed by atoms with Crippen LogP contribution in [0.15, 0.2) is 18.2 Å². The molecular formula is C17H22N2O2. The van der Waals surface area contributed by atoms with Crippen LogP contribution in [0.3, 0.4) is 0 Å². The Morgan fingerprint density at radius 1 is 1.19 bits per heavy atom. The van der Waals surface area contributed by atoms with Crippen LogP contribution in [0, 0.1) is 0 Å². The van der Waals surface area contributed by atoms with Crippen molar-refractivity contribution in [3.05, 3.63) is 29.3 Å². The van der Waals surface area contributed by atoms with Crippen LogP contribution >= 0.6 is 0 Å². The van der Waals surface area contributed by atoms with Gasteiger partial charge < -0.3 is 9.47 Å². The fourth-order valence-electron chi connectivity index (χ4n) is 5.29. The molecule has 4 heterocycles. The SMILES string of the molecule is COc1cccc2c1[C@@H]1CO[C@@H]3[C@@H]4CC[C@H]([C@H](C2)N31)N4C. The Labute approximate surface area is 125 Å². The van der Waals surface area contributed by atoms with Crippen molar-refractivity contribution in [3.8, 4) is 5.75 Å². The number of benzene rings is 1. The van der Waals surface area contributed by atoms with Crippen LogP contribution < -0.4 is 4.74 Å². The molecule has 0 aromatic heterocycles. The van der Waals surface area contributed by atoms with Gasteiger partial charge in [0.1, 0.15) is 12.0 Å². The summed E-state index contributed by atoms with van der Waals surface area (Å²) >= 11 is 0. The summed E-state index contributed by atoms with van der Waals surface area (Å²) in [5.74, 6) is 1.03. The fourth-order valence-corrected chi connectivity index (χ4v) is 5.29. The molecule has 0 unspecified atom stereocenters. The maximum atomic E-state index is 6.26. The lowest BCUT2D eigenvalue weighted by atomic mass is 9.84. The summed E-state index contributed by atoms with van der Waals surface area (Å²) in [6.45, 7) is 0.811. The highest BCUT2D eigenvalue weighted by atomic mass is 16.5. The molecule has 0 saturated carbocycles. The molecule has 0 aliphatic carbocycles. The van der Waals surface area contributed by atoms with Gasteiger partial charge in [0, 0.05) is 23.7 Å². The topological polar surface area (TPSA) is 24.9 Å². The van der Waals surface area contributed by atoms with Crippen LogP contribution in [-0.2, 0) is 11.2 Å². The van der Waals surface area contributed by atoms with E-state index in [9.17, 15) is 0 Å². The zero-order valence-electron chi connectivity index (χ0n) is 12.7. The molecule has 0 spiro atoms. The van der Waals surface area contributed by atoms with Gasteiger partial charge >= 0.3 is 0 Å². The van der Waals surface area contributed by atoms with Gasteiger partial charge in [-0.15, -0.1) is 0 Å². The van der Waals surface area contributed by atoms with E-state index in [4.69, 9.17) is 9.47 Å². The molecule has 3 fully saturated rings. The maximum Gasteiger partial charge on any atom is 0.127 e. The smallest absolute Gasteiger partial charge is 0.127 e. The van der Waals surface area contributed by atoms with Gasteiger partial charge in [-0.05, 0) is 37.9 Å². The predicted octanol–water partition coefficient (Wildman–Crippen LogP) is 1.80. The maximum absolute atomic E-state index is 6.26. The van der Waals surface area contributed by atoms with Crippen molar-refractivity contribution in [1.29, 1.82) is 0 Å². The van der Waals surface area contributed by atoms with Crippen molar-refractivity contribution in [3.63, 3.8) is 0 Å². The third-order valence-electron chi connectivity index (χ3n) is 6.18. The van der Waals surface area contributed by atoms with Crippen molar-refractivity contribution in [2.75, 3.05) is 20.8 Å². The molecular weight excluding hydrogens is 264 g/mol. The molecule has 5 atom stereocenters. The van der Waals surface area contributed by atoms with Crippen molar-refractivity contribution < 1.29 is 9.47 Å². The molecule has 1 aromatic carbocycles. The molecule has 4 aliphatic heterocycles. The molecule has 21 heavy (non-hydrogen) atoms. The lowest BCUT2D eigenvalue weighted by Gasteiger charge is -2.51. The van der Waals surface area contributed by atoms with E-state index in [0.29, 0.717) is 24.2 Å². The van der Waals surface area contributed by atoms with Gasteiger partial charge in [0.25, 0.3) is 0 Å². The molecule has 4 aliphatic rings. The highest BCUT2D eigenvalue weighted by Crippen LogP contribution is 2.51. The second kappa shape index (κ2) is 4.22. The summed E-state index contributed by atoms with van der Waals surface area (Å²) in [5.41, 5.74) is 2.84. The third-order valence-corrected chi connectivity index (χ3v) is 6.18. The van der Waals surface area contributed by atoms with E-state index in [0.717, 1.165) is 18.8 Å². The first-order valence-electron chi connectivity index (χ1n) is 8.06. The minimum Gasteiger partial charge on any atom is -0.496 e. The number of hydrogen-bond donors (Lipinski definition) is 0. The molecule has 112 valence electrons. The Balaban J connectivity index is 1.66. The molecule has 4 nitrogen and oxygen atoms in total. The van der Waals surface area contributed by atoms with Gasteiger partial charge in [0.05, 0.1) is 19.8 Å². The van der Waals surface area contributed by atoms with Crippen LogP contribution in [0.4, 0.5) is 0 Å². The van der Waals surface area contributed by atoms with Gasteiger partial charge in [-0.3, -0.25) is 9.80 Å². The number of likely N-dealkylation sites (N-methyl/N-ethyl adjacent to an activating group) is 1. The molecule has 2 bridgehead atoms. The van der Waals surface area contributed by atoms with Gasteiger partial charge in [-0.1, -0.05) is 12.1 Å². The number of methoxy groups -OCH3 is 1. The van der Waals surface area contributed by atoms with E-state index in [1.807, 2.05) is 0 Å². The normalized spacial score (nSPS) is 41.0. The largest absolute Gasteiger partial charge is 0.496 e. The average molecular weight is 286 g/mol. The van der Waals surface area contributed by atoms with Crippen LogP contribution in [0.5, 0.6) is 5.75 Å². The second-order valence-corrected chi connectivity index (χ2v) is 6.87. The zero-order chi connectivity index (χ0) is 14.1. The average Bonchev–Trinajstić information content (AvgIpc) is 3.05. The number of rotatable bonds is 1. The molecule has 4 heteroatoms. The Hall–Kier alpha value is -1.10. The van der Waals surface area contributed by atoms with E-state index in [1.54, 1.807) is 7.11 Å². The fraction of sp³-hybridized carbons (Fsp3) is 0.647. The van der Waals surface area contributed by atoms with E-state index in [-0.39, 0.29) is 6.23 Å². The number of fused-ring (bicyclic) bond motifs is 6.